The first-order chi connectivity index (χ1) is 9.88. The number of thiocarbonyl (C=S) groups is 1. The molecule has 0 unspecified atom stereocenters. The monoisotopic (exact) mass is 325 g/mol. The second-order valence-electron chi connectivity index (χ2n) is 4.96. The van der Waals surface area contributed by atoms with Crippen molar-refractivity contribution in [3.63, 3.8) is 0 Å². The first kappa shape index (κ1) is 15.7. The Bertz CT molecular complexity index is 606. The molecule has 0 aliphatic carbocycles. The van der Waals surface area contributed by atoms with Crippen LogP contribution in [0, 0.1) is 0 Å². The average molecular weight is 326 g/mol. The molecule has 1 aromatic carbocycles. The standard InChI is InChI=1S/C14H16ClN3O2S/c1-17(5-4-12(16)21)14(20)8-18-11-7-10(15)3-2-9(11)6-13(18)19/h2-3,7H,4-6,8H2,1H3,(H2,16,21). The molecule has 21 heavy (non-hydrogen) atoms. The number of anilines is 1. The van der Waals surface area contributed by atoms with Gasteiger partial charge in [0.1, 0.15) is 6.54 Å². The first-order valence-corrected chi connectivity index (χ1v) is 7.28. The summed E-state index contributed by atoms with van der Waals surface area (Å²) in [6.07, 6.45) is 0.768. The zero-order valence-electron chi connectivity index (χ0n) is 11.6. The van der Waals surface area contributed by atoms with Gasteiger partial charge in [-0.3, -0.25) is 9.59 Å². The van der Waals surface area contributed by atoms with Crippen LogP contribution < -0.4 is 10.6 Å². The Morgan fingerprint density at radius 2 is 2.24 bits per heavy atom. The molecule has 1 aliphatic rings. The molecule has 0 saturated heterocycles. The van der Waals surface area contributed by atoms with Gasteiger partial charge in [0, 0.05) is 30.7 Å². The number of carbonyl (C=O) groups excluding carboxylic acids is 2. The van der Waals surface area contributed by atoms with Crippen LogP contribution in [0.2, 0.25) is 5.02 Å². The summed E-state index contributed by atoms with van der Waals surface area (Å²) in [4.78, 5) is 27.6. The van der Waals surface area contributed by atoms with Crippen molar-refractivity contribution in [3.05, 3.63) is 28.8 Å². The number of rotatable bonds is 5. The number of fused-ring (bicyclic) bond motifs is 1. The van der Waals surface area contributed by atoms with E-state index in [1.54, 1.807) is 19.2 Å². The summed E-state index contributed by atoms with van der Waals surface area (Å²) in [5.74, 6) is -0.254. The van der Waals surface area contributed by atoms with Crippen LogP contribution in [0.1, 0.15) is 12.0 Å². The fourth-order valence-corrected chi connectivity index (χ4v) is 2.42. The highest BCUT2D eigenvalue weighted by Gasteiger charge is 2.29. The Labute approximate surface area is 133 Å². The van der Waals surface area contributed by atoms with Gasteiger partial charge in [-0.05, 0) is 17.7 Å². The summed E-state index contributed by atoms with van der Waals surface area (Å²) < 4.78 is 0. The maximum Gasteiger partial charge on any atom is 0.242 e. The molecule has 2 amide bonds. The van der Waals surface area contributed by atoms with Crippen LogP contribution in [-0.2, 0) is 16.0 Å². The van der Waals surface area contributed by atoms with Gasteiger partial charge in [-0.2, -0.15) is 0 Å². The van der Waals surface area contributed by atoms with Crippen LogP contribution in [0.25, 0.3) is 0 Å². The van der Waals surface area contributed by atoms with E-state index in [9.17, 15) is 9.59 Å². The smallest absolute Gasteiger partial charge is 0.242 e. The molecular weight excluding hydrogens is 310 g/mol. The lowest BCUT2D eigenvalue weighted by Gasteiger charge is -2.22. The van der Waals surface area contributed by atoms with Gasteiger partial charge in [-0.15, -0.1) is 0 Å². The second-order valence-corrected chi connectivity index (χ2v) is 5.92. The quantitative estimate of drug-likeness (QED) is 0.830. The van der Waals surface area contributed by atoms with Crippen molar-refractivity contribution in [1.29, 1.82) is 0 Å². The fraction of sp³-hybridized carbons (Fsp3) is 0.357. The number of likely N-dealkylation sites (N-methyl/N-ethyl adjacent to an activating group) is 1. The van der Waals surface area contributed by atoms with Crippen molar-refractivity contribution < 1.29 is 9.59 Å². The third-order valence-corrected chi connectivity index (χ3v) is 3.83. The lowest BCUT2D eigenvalue weighted by Crippen LogP contribution is -2.40. The normalized spacial score (nSPS) is 13.2. The molecule has 1 aliphatic heterocycles. The van der Waals surface area contributed by atoms with Crippen LogP contribution in [-0.4, -0.2) is 41.8 Å². The van der Waals surface area contributed by atoms with Crippen molar-refractivity contribution in [3.8, 4) is 0 Å². The lowest BCUT2D eigenvalue weighted by molar-refractivity contribution is -0.130. The van der Waals surface area contributed by atoms with Gasteiger partial charge < -0.3 is 15.5 Å². The minimum atomic E-state index is -0.160. The Kier molecular flexibility index (Phi) is 4.80. The van der Waals surface area contributed by atoms with Crippen molar-refractivity contribution >= 4 is 46.3 Å². The summed E-state index contributed by atoms with van der Waals surface area (Å²) in [5.41, 5.74) is 7.02. The molecule has 2 N–H and O–H groups in total. The van der Waals surface area contributed by atoms with Gasteiger partial charge in [-0.25, -0.2) is 0 Å². The van der Waals surface area contributed by atoms with Crippen LogP contribution in [0.3, 0.4) is 0 Å². The largest absolute Gasteiger partial charge is 0.393 e. The van der Waals surface area contributed by atoms with Crippen LogP contribution in [0.15, 0.2) is 18.2 Å². The van der Waals surface area contributed by atoms with E-state index in [1.165, 1.54) is 9.80 Å². The van der Waals surface area contributed by atoms with Crippen molar-refractivity contribution in [1.82, 2.24) is 4.90 Å². The molecule has 7 heteroatoms. The molecule has 1 heterocycles. The summed E-state index contributed by atoms with van der Waals surface area (Å²) in [6.45, 7) is 0.443. The maximum atomic E-state index is 12.2. The van der Waals surface area contributed by atoms with E-state index in [-0.39, 0.29) is 18.4 Å². The molecule has 2 rings (SSSR count). The Balaban J connectivity index is 2.06. The van der Waals surface area contributed by atoms with E-state index >= 15 is 0 Å². The Hall–Kier alpha value is -1.66. The molecule has 1 aromatic rings. The predicted molar refractivity (Wildman–Crippen MR) is 86.5 cm³/mol. The minimum absolute atomic E-state index is 0.00000882. The second kappa shape index (κ2) is 6.41. The topological polar surface area (TPSA) is 66.6 Å². The summed E-state index contributed by atoms with van der Waals surface area (Å²) in [5, 5.41) is 0.544. The number of benzene rings is 1. The summed E-state index contributed by atoms with van der Waals surface area (Å²) >= 11 is 10.7. The third-order valence-electron chi connectivity index (χ3n) is 3.39. The number of carbonyl (C=O) groups is 2. The van der Waals surface area contributed by atoms with E-state index in [0.29, 0.717) is 35.1 Å². The highest BCUT2D eigenvalue weighted by molar-refractivity contribution is 7.80. The Morgan fingerprint density at radius 1 is 1.52 bits per heavy atom. The van der Waals surface area contributed by atoms with Gasteiger partial charge in [0.2, 0.25) is 11.8 Å². The molecule has 0 spiro atoms. The number of halogens is 1. The maximum absolute atomic E-state index is 12.2. The third kappa shape index (κ3) is 3.71. The molecule has 5 nitrogen and oxygen atoms in total. The van der Waals surface area contributed by atoms with Crippen LogP contribution >= 0.6 is 23.8 Å². The fourth-order valence-electron chi connectivity index (χ4n) is 2.16. The van der Waals surface area contributed by atoms with Crippen LogP contribution in [0.4, 0.5) is 5.69 Å². The summed E-state index contributed by atoms with van der Waals surface area (Å²) in [6, 6.07) is 5.27. The molecule has 0 radical (unpaired) electrons. The Morgan fingerprint density at radius 3 is 2.90 bits per heavy atom. The van der Waals surface area contributed by atoms with Crippen molar-refractivity contribution in [2.24, 2.45) is 5.73 Å². The lowest BCUT2D eigenvalue weighted by atomic mass is 10.2. The zero-order valence-corrected chi connectivity index (χ0v) is 13.2. The van der Waals surface area contributed by atoms with E-state index < -0.39 is 0 Å². The summed E-state index contributed by atoms with van der Waals surface area (Å²) in [7, 11) is 1.67. The SMILES string of the molecule is CN(CCC(N)=S)C(=O)CN1C(=O)Cc2ccc(Cl)cc21. The van der Waals surface area contributed by atoms with E-state index in [2.05, 4.69) is 0 Å². The number of nitrogens with zero attached hydrogens (tertiary/aromatic N) is 2. The molecule has 0 bridgehead atoms. The molecule has 112 valence electrons. The number of hydrogen-bond acceptors (Lipinski definition) is 3. The molecule has 0 aromatic heterocycles. The van der Waals surface area contributed by atoms with Gasteiger partial charge in [0.15, 0.2) is 0 Å². The van der Waals surface area contributed by atoms with E-state index in [0.717, 1.165) is 5.56 Å². The van der Waals surface area contributed by atoms with Gasteiger partial charge in [0.05, 0.1) is 11.4 Å². The number of amides is 2. The predicted octanol–water partition coefficient (Wildman–Crippen LogP) is 1.36. The minimum Gasteiger partial charge on any atom is -0.393 e. The van der Waals surface area contributed by atoms with Crippen LogP contribution in [0.5, 0.6) is 0 Å². The number of hydrogen-bond donors (Lipinski definition) is 1. The number of nitrogens with two attached hydrogens (primary N) is 1. The molecular formula is C14H16ClN3O2S. The van der Waals surface area contributed by atoms with Gasteiger partial charge >= 0.3 is 0 Å². The van der Waals surface area contributed by atoms with Gasteiger partial charge in [-0.1, -0.05) is 29.9 Å². The van der Waals surface area contributed by atoms with Crippen molar-refractivity contribution in [2.75, 3.05) is 25.0 Å². The van der Waals surface area contributed by atoms with E-state index in [4.69, 9.17) is 29.6 Å². The average Bonchev–Trinajstić information content (AvgIpc) is 2.72. The highest BCUT2D eigenvalue weighted by Crippen LogP contribution is 2.31. The zero-order chi connectivity index (χ0) is 15.6. The highest BCUT2D eigenvalue weighted by atomic mass is 35.5. The molecule has 0 atom stereocenters. The van der Waals surface area contributed by atoms with E-state index in [1.807, 2.05) is 6.07 Å². The van der Waals surface area contributed by atoms with Gasteiger partial charge in [0.25, 0.3) is 0 Å². The van der Waals surface area contributed by atoms with Crippen molar-refractivity contribution in [2.45, 2.75) is 12.8 Å². The molecule has 0 saturated carbocycles. The molecule has 0 fully saturated rings. The first-order valence-electron chi connectivity index (χ1n) is 6.49.